The molecule has 0 aromatic heterocycles. The summed E-state index contributed by atoms with van der Waals surface area (Å²) in [5.41, 5.74) is 3.29. The number of nitrogens with one attached hydrogen (secondary N) is 1. The fraction of sp³-hybridized carbons (Fsp3) is 0.381. The molecule has 0 unspecified atom stereocenters. The van der Waals surface area contributed by atoms with Crippen LogP contribution in [0.1, 0.15) is 12.5 Å². The number of thioether (sulfide) groups is 1. The van der Waals surface area contributed by atoms with E-state index in [0.29, 0.717) is 5.75 Å². The Morgan fingerprint density at radius 3 is 2.38 bits per heavy atom. The van der Waals surface area contributed by atoms with Gasteiger partial charge in [0.05, 0.1) is 5.75 Å². The highest BCUT2D eigenvalue weighted by Crippen LogP contribution is 2.23. The largest absolute Gasteiger partial charge is 0.369 e. The Hall–Kier alpha value is -1.98. The van der Waals surface area contributed by atoms with Crippen LogP contribution in [0.3, 0.4) is 0 Å². The molecule has 1 heterocycles. The first-order valence-corrected chi connectivity index (χ1v) is 10.2. The lowest BCUT2D eigenvalue weighted by atomic mass is 10.2. The quantitative estimate of drug-likeness (QED) is 0.784. The van der Waals surface area contributed by atoms with Crippen LogP contribution in [0.25, 0.3) is 0 Å². The highest BCUT2D eigenvalue weighted by Gasteiger charge is 2.15. The van der Waals surface area contributed by atoms with Crippen molar-refractivity contribution < 1.29 is 4.79 Å². The van der Waals surface area contributed by atoms with Crippen LogP contribution in [0, 0.1) is 6.92 Å². The van der Waals surface area contributed by atoms with Crippen LogP contribution in [0.15, 0.2) is 53.4 Å². The second kappa shape index (κ2) is 9.10. The Bertz CT molecular complexity index is 724. The van der Waals surface area contributed by atoms with Crippen LogP contribution in [0.4, 0.5) is 11.4 Å². The van der Waals surface area contributed by atoms with Gasteiger partial charge in [-0.15, -0.1) is 11.8 Å². The van der Waals surface area contributed by atoms with Gasteiger partial charge in [-0.2, -0.15) is 0 Å². The highest BCUT2D eigenvalue weighted by atomic mass is 32.2. The van der Waals surface area contributed by atoms with E-state index >= 15 is 0 Å². The molecule has 0 atom stereocenters. The summed E-state index contributed by atoms with van der Waals surface area (Å²) in [6, 6.07) is 16.3. The van der Waals surface area contributed by atoms with Crippen molar-refractivity contribution in [2.45, 2.75) is 18.7 Å². The maximum atomic E-state index is 12.2. The summed E-state index contributed by atoms with van der Waals surface area (Å²) in [5.74, 6) is 0.452. The van der Waals surface area contributed by atoms with Crippen molar-refractivity contribution >= 4 is 29.0 Å². The van der Waals surface area contributed by atoms with E-state index in [1.54, 1.807) is 11.8 Å². The zero-order chi connectivity index (χ0) is 18.4. The molecule has 26 heavy (non-hydrogen) atoms. The molecular formula is C21H27N3OS. The van der Waals surface area contributed by atoms with E-state index in [9.17, 15) is 4.79 Å². The number of amides is 1. The molecule has 0 spiro atoms. The molecule has 5 heteroatoms. The molecule has 3 rings (SSSR count). The lowest BCUT2D eigenvalue weighted by molar-refractivity contribution is -0.113. The van der Waals surface area contributed by atoms with Crippen molar-refractivity contribution in [2.24, 2.45) is 0 Å². The number of hydrogen-bond acceptors (Lipinski definition) is 4. The van der Waals surface area contributed by atoms with Crippen molar-refractivity contribution in [3.8, 4) is 0 Å². The van der Waals surface area contributed by atoms with Crippen LogP contribution >= 0.6 is 11.8 Å². The summed E-state index contributed by atoms with van der Waals surface area (Å²) < 4.78 is 0. The number of likely N-dealkylation sites (N-methyl/N-ethyl adjacent to an activating group) is 1. The fourth-order valence-corrected chi connectivity index (χ4v) is 3.97. The molecule has 1 fully saturated rings. The summed E-state index contributed by atoms with van der Waals surface area (Å²) in [6.45, 7) is 9.76. The molecular weight excluding hydrogens is 342 g/mol. The number of carbonyl (C=O) groups is 1. The smallest absolute Gasteiger partial charge is 0.234 e. The molecule has 138 valence electrons. The number of benzene rings is 2. The Kier molecular flexibility index (Phi) is 6.58. The maximum absolute atomic E-state index is 12.2. The van der Waals surface area contributed by atoms with Crippen molar-refractivity contribution in [3.63, 3.8) is 0 Å². The van der Waals surface area contributed by atoms with Gasteiger partial charge in [0, 0.05) is 42.4 Å². The fourth-order valence-electron chi connectivity index (χ4n) is 3.14. The first-order chi connectivity index (χ1) is 12.7. The van der Waals surface area contributed by atoms with Crippen molar-refractivity contribution in [3.05, 3.63) is 54.1 Å². The van der Waals surface area contributed by atoms with Gasteiger partial charge in [-0.25, -0.2) is 0 Å². The summed E-state index contributed by atoms with van der Waals surface area (Å²) in [6.07, 6.45) is 0. The summed E-state index contributed by atoms with van der Waals surface area (Å²) in [4.78, 5) is 18.2. The minimum atomic E-state index is 0.0302. The number of carbonyl (C=O) groups excluding carboxylic acids is 1. The lowest BCUT2D eigenvalue weighted by Crippen LogP contribution is -2.46. The second-order valence-electron chi connectivity index (χ2n) is 6.57. The molecule has 2 aromatic rings. The van der Waals surface area contributed by atoms with Gasteiger partial charge in [0.25, 0.3) is 0 Å². The summed E-state index contributed by atoms with van der Waals surface area (Å²) >= 11 is 1.58. The first kappa shape index (κ1) is 18.8. The van der Waals surface area contributed by atoms with Gasteiger partial charge in [0.1, 0.15) is 0 Å². The summed E-state index contributed by atoms with van der Waals surface area (Å²) in [7, 11) is 0. The topological polar surface area (TPSA) is 35.6 Å². The Morgan fingerprint density at radius 1 is 1.04 bits per heavy atom. The van der Waals surface area contributed by atoms with E-state index in [-0.39, 0.29) is 5.91 Å². The van der Waals surface area contributed by atoms with Gasteiger partial charge in [0.15, 0.2) is 0 Å². The third-order valence-corrected chi connectivity index (χ3v) is 5.96. The maximum Gasteiger partial charge on any atom is 0.234 e. The van der Waals surface area contributed by atoms with Gasteiger partial charge < -0.3 is 15.1 Å². The van der Waals surface area contributed by atoms with Crippen LogP contribution in [0.2, 0.25) is 0 Å². The molecule has 1 amide bonds. The van der Waals surface area contributed by atoms with Crippen LogP contribution in [-0.2, 0) is 4.79 Å². The summed E-state index contributed by atoms with van der Waals surface area (Å²) in [5, 5.41) is 2.99. The Morgan fingerprint density at radius 2 is 1.73 bits per heavy atom. The van der Waals surface area contributed by atoms with Crippen molar-refractivity contribution in [1.82, 2.24) is 4.90 Å². The number of anilines is 2. The molecule has 1 aliphatic heterocycles. The predicted octanol–water partition coefficient (Wildman–Crippen LogP) is 3.87. The van der Waals surface area contributed by atoms with Crippen molar-refractivity contribution in [1.29, 1.82) is 0 Å². The zero-order valence-corrected chi connectivity index (χ0v) is 16.4. The molecule has 2 aromatic carbocycles. The highest BCUT2D eigenvalue weighted by molar-refractivity contribution is 8.00. The van der Waals surface area contributed by atoms with Gasteiger partial charge in [-0.1, -0.05) is 25.1 Å². The number of aryl methyl sites for hydroxylation is 1. The van der Waals surface area contributed by atoms with Gasteiger partial charge in [0.2, 0.25) is 5.91 Å². The zero-order valence-electron chi connectivity index (χ0n) is 15.6. The average Bonchev–Trinajstić information content (AvgIpc) is 2.68. The number of rotatable bonds is 6. The van der Waals surface area contributed by atoms with E-state index < -0.39 is 0 Å². The molecule has 4 nitrogen and oxygen atoms in total. The van der Waals surface area contributed by atoms with Crippen molar-refractivity contribution in [2.75, 3.05) is 48.7 Å². The van der Waals surface area contributed by atoms with Crippen LogP contribution in [-0.4, -0.2) is 49.3 Å². The number of piperazine rings is 1. The lowest BCUT2D eigenvalue weighted by Gasteiger charge is -2.35. The molecule has 1 N–H and O–H groups in total. The van der Waals surface area contributed by atoms with Gasteiger partial charge in [-0.05, 0) is 49.4 Å². The van der Waals surface area contributed by atoms with E-state index in [4.69, 9.17) is 0 Å². The van der Waals surface area contributed by atoms with Crippen LogP contribution in [0.5, 0.6) is 0 Å². The molecule has 1 aliphatic rings. The van der Waals surface area contributed by atoms with E-state index in [0.717, 1.165) is 43.3 Å². The normalized spacial score (nSPS) is 15.1. The van der Waals surface area contributed by atoms with E-state index in [1.807, 2.05) is 24.3 Å². The monoisotopic (exact) mass is 369 g/mol. The number of nitrogens with zero attached hydrogens (tertiary/aromatic N) is 2. The van der Waals surface area contributed by atoms with Crippen LogP contribution < -0.4 is 10.2 Å². The van der Waals surface area contributed by atoms with E-state index in [1.165, 1.54) is 11.3 Å². The SMILES string of the molecule is CCN1CCN(c2ccc(NC(=O)CSc3ccccc3C)cc2)CC1. The standard InChI is InChI=1S/C21H27N3OS/c1-3-23-12-14-24(15-13-23)19-10-8-18(9-11-19)22-21(25)16-26-20-7-5-4-6-17(20)2/h4-11H,3,12-16H2,1-2H3,(H,22,25). The predicted molar refractivity (Wildman–Crippen MR) is 111 cm³/mol. The van der Waals surface area contributed by atoms with E-state index in [2.05, 4.69) is 53.2 Å². The Labute approximate surface area is 160 Å². The molecule has 0 radical (unpaired) electrons. The Balaban J connectivity index is 1.49. The first-order valence-electron chi connectivity index (χ1n) is 9.21. The minimum Gasteiger partial charge on any atom is -0.369 e. The van der Waals surface area contributed by atoms with Gasteiger partial charge in [-0.3, -0.25) is 4.79 Å². The number of hydrogen-bond donors (Lipinski definition) is 1. The second-order valence-corrected chi connectivity index (χ2v) is 7.59. The third kappa shape index (κ3) is 5.02. The molecule has 1 saturated heterocycles. The molecule has 0 aliphatic carbocycles. The minimum absolute atomic E-state index is 0.0302. The molecule has 0 bridgehead atoms. The molecule has 0 saturated carbocycles. The third-order valence-electron chi connectivity index (χ3n) is 4.79. The van der Waals surface area contributed by atoms with Gasteiger partial charge >= 0.3 is 0 Å². The average molecular weight is 370 g/mol.